The van der Waals surface area contributed by atoms with Gasteiger partial charge in [0, 0.05) is 12.2 Å². The fourth-order valence-corrected chi connectivity index (χ4v) is 2.80. The van der Waals surface area contributed by atoms with Crippen LogP contribution in [0.2, 0.25) is 5.02 Å². The van der Waals surface area contributed by atoms with Gasteiger partial charge in [0.1, 0.15) is 18.1 Å². The van der Waals surface area contributed by atoms with Crippen molar-refractivity contribution in [3.63, 3.8) is 0 Å². The summed E-state index contributed by atoms with van der Waals surface area (Å²) in [5.74, 6) is 1.57. The lowest BCUT2D eigenvalue weighted by Crippen LogP contribution is -2.01. The van der Waals surface area contributed by atoms with Gasteiger partial charge in [0.2, 0.25) is 0 Å². The van der Waals surface area contributed by atoms with Crippen LogP contribution in [0.5, 0.6) is 11.5 Å². The molecule has 0 aliphatic rings. The second-order valence-corrected chi connectivity index (χ2v) is 6.26. The Bertz CT molecular complexity index is 819. The second kappa shape index (κ2) is 9.16. The van der Waals surface area contributed by atoms with Gasteiger partial charge >= 0.3 is 0 Å². The summed E-state index contributed by atoms with van der Waals surface area (Å²) in [6, 6.07) is 23.8. The highest BCUT2D eigenvalue weighted by Gasteiger charge is 2.04. The molecular weight excluding hydrogens is 346 g/mol. The molecular formula is C22H22ClNO2. The van der Waals surface area contributed by atoms with Gasteiger partial charge in [-0.25, -0.2) is 0 Å². The minimum absolute atomic E-state index is 0.504. The predicted molar refractivity (Wildman–Crippen MR) is 107 cm³/mol. The third-order valence-electron chi connectivity index (χ3n) is 3.90. The first kappa shape index (κ1) is 18.2. The molecule has 3 aromatic carbocycles. The third kappa shape index (κ3) is 5.17. The molecule has 3 nitrogen and oxygen atoms in total. The maximum atomic E-state index is 6.36. The molecule has 4 heteroatoms. The van der Waals surface area contributed by atoms with E-state index < -0.39 is 0 Å². The molecule has 0 aliphatic heterocycles. The van der Waals surface area contributed by atoms with Crippen LogP contribution in [0.1, 0.15) is 18.1 Å². The molecule has 0 unspecified atom stereocenters. The van der Waals surface area contributed by atoms with E-state index in [1.807, 2.05) is 79.7 Å². The van der Waals surface area contributed by atoms with Crippen LogP contribution < -0.4 is 14.8 Å². The molecule has 0 aliphatic carbocycles. The van der Waals surface area contributed by atoms with Gasteiger partial charge < -0.3 is 14.8 Å². The van der Waals surface area contributed by atoms with Gasteiger partial charge in [-0.2, -0.15) is 0 Å². The molecule has 0 radical (unpaired) electrons. The number of hydrogen-bond acceptors (Lipinski definition) is 3. The Morgan fingerprint density at radius 1 is 0.846 bits per heavy atom. The SMILES string of the molecule is CCOc1ccc(NCc2ccc(OCc3ccccc3)c(Cl)c2)cc1. The summed E-state index contributed by atoms with van der Waals surface area (Å²) in [7, 11) is 0. The lowest BCUT2D eigenvalue weighted by atomic mass is 10.2. The smallest absolute Gasteiger partial charge is 0.138 e. The minimum atomic E-state index is 0.504. The zero-order valence-electron chi connectivity index (χ0n) is 14.7. The first-order valence-corrected chi connectivity index (χ1v) is 9.04. The number of nitrogens with one attached hydrogen (secondary N) is 1. The van der Waals surface area contributed by atoms with Crippen molar-refractivity contribution < 1.29 is 9.47 Å². The standard InChI is InChI=1S/C22H22ClNO2/c1-2-25-20-11-9-19(10-12-20)24-15-18-8-13-22(21(23)14-18)26-16-17-6-4-3-5-7-17/h3-14,24H,2,15-16H2,1H3. The molecule has 0 saturated carbocycles. The molecule has 134 valence electrons. The summed E-state index contributed by atoms with van der Waals surface area (Å²) in [5.41, 5.74) is 3.25. The average Bonchev–Trinajstić information content (AvgIpc) is 2.68. The van der Waals surface area contributed by atoms with Crippen LogP contribution in [0.25, 0.3) is 0 Å². The number of rotatable bonds is 8. The summed E-state index contributed by atoms with van der Waals surface area (Å²) in [5, 5.41) is 4.00. The van der Waals surface area contributed by atoms with E-state index in [-0.39, 0.29) is 0 Å². The molecule has 0 atom stereocenters. The van der Waals surface area contributed by atoms with E-state index in [0.29, 0.717) is 30.5 Å². The first-order valence-electron chi connectivity index (χ1n) is 8.66. The summed E-state index contributed by atoms with van der Waals surface area (Å²) in [6.45, 7) is 3.84. The zero-order valence-corrected chi connectivity index (χ0v) is 15.5. The molecule has 0 spiro atoms. The van der Waals surface area contributed by atoms with Crippen molar-refractivity contribution in [3.8, 4) is 11.5 Å². The van der Waals surface area contributed by atoms with E-state index in [4.69, 9.17) is 21.1 Å². The second-order valence-electron chi connectivity index (χ2n) is 5.85. The summed E-state index contributed by atoms with van der Waals surface area (Å²) < 4.78 is 11.3. The Morgan fingerprint density at radius 2 is 1.62 bits per heavy atom. The minimum Gasteiger partial charge on any atom is -0.494 e. The van der Waals surface area contributed by atoms with Crippen LogP contribution >= 0.6 is 11.6 Å². The number of halogens is 1. The highest BCUT2D eigenvalue weighted by molar-refractivity contribution is 6.32. The predicted octanol–water partition coefficient (Wildman–Crippen LogP) is 5.93. The fourth-order valence-electron chi connectivity index (χ4n) is 2.55. The van der Waals surface area contributed by atoms with E-state index in [1.54, 1.807) is 0 Å². The lowest BCUT2D eigenvalue weighted by Gasteiger charge is -2.11. The third-order valence-corrected chi connectivity index (χ3v) is 4.19. The zero-order chi connectivity index (χ0) is 18.2. The molecule has 3 aromatic rings. The van der Waals surface area contributed by atoms with E-state index >= 15 is 0 Å². The van der Waals surface area contributed by atoms with E-state index in [2.05, 4.69) is 5.32 Å². The van der Waals surface area contributed by atoms with E-state index in [9.17, 15) is 0 Å². The number of benzene rings is 3. The summed E-state index contributed by atoms with van der Waals surface area (Å²) >= 11 is 6.36. The Kier molecular flexibility index (Phi) is 6.39. The van der Waals surface area contributed by atoms with Crippen molar-refractivity contribution in [1.29, 1.82) is 0 Å². The fraction of sp³-hybridized carbons (Fsp3) is 0.182. The molecule has 0 fully saturated rings. The molecule has 26 heavy (non-hydrogen) atoms. The molecule has 1 N–H and O–H groups in total. The number of hydrogen-bond donors (Lipinski definition) is 1. The Labute approximate surface area is 159 Å². The molecule has 0 saturated heterocycles. The highest BCUT2D eigenvalue weighted by Crippen LogP contribution is 2.27. The van der Waals surface area contributed by atoms with Crippen molar-refractivity contribution >= 4 is 17.3 Å². The first-order chi connectivity index (χ1) is 12.7. The molecule has 0 heterocycles. The summed E-state index contributed by atoms with van der Waals surface area (Å²) in [4.78, 5) is 0. The highest BCUT2D eigenvalue weighted by atomic mass is 35.5. The van der Waals surface area contributed by atoms with Crippen LogP contribution in [0.4, 0.5) is 5.69 Å². The van der Waals surface area contributed by atoms with E-state index in [1.165, 1.54) is 0 Å². The van der Waals surface area contributed by atoms with Gasteiger partial charge in [0.15, 0.2) is 0 Å². The van der Waals surface area contributed by atoms with Gasteiger partial charge in [-0.3, -0.25) is 0 Å². The Morgan fingerprint density at radius 3 is 2.31 bits per heavy atom. The van der Waals surface area contributed by atoms with Crippen LogP contribution in [-0.4, -0.2) is 6.61 Å². The maximum Gasteiger partial charge on any atom is 0.138 e. The van der Waals surface area contributed by atoms with Crippen LogP contribution in [0.3, 0.4) is 0 Å². The van der Waals surface area contributed by atoms with Gasteiger partial charge in [-0.05, 0) is 54.4 Å². The van der Waals surface area contributed by atoms with Gasteiger partial charge in [0.25, 0.3) is 0 Å². The van der Waals surface area contributed by atoms with Crippen molar-refractivity contribution in [1.82, 2.24) is 0 Å². The largest absolute Gasteiger partial charge is 0.494 e. The van der Waals surface area contributed by atoms with Gasteiger partial charge in [-0.15, -0.1) is 0 Å². The molecule has 0 aromatic heterocycles. The van der Waals surface area contributed by atoms with Gasteiger partial charge in [0.05, 0.1) is 11.6 Å². The van der Waals surface area contributed by atoms with Crippen molar-refractivity contribution in [3.05, 3.63) is 88.9 Å². The molecule has 3 rings (SSSR count). The Hall–Kier alpha value is -2.65. The molecule has 0 amide bonds. The van der Waals surface area contributed by atoms with E-state index in [0.717, 1.165) is 22.6 Å². The number of ether oxygens (including phenoxy) is 2. The maximum absolute atomic E-state index is 6.36. The van der Waals surface area contributed by atoms with Gasteiger partial charge in [-0.1, -0.05) is 48.0 Å². The lowest BCUT2D eigenvalue weighted by molar-refractivity contribution is 0.306. The van der Waals surface area contributed by atoms with Crippen molar-refractivity contribution in [2.75, 3.05) is 11.9 Å². The van der Waals surface area contributed by atoms with Crippen LogP contribution in [0, 0.1) is 0 Å². The quantitative estimate of drug-likeness (QED) is 0.535. The number of anilines is 1. The van der Waals surface area contributed by atoms with Crippen LogP contribution in [-0.2, 0) is 13.2 Å². The topological polar surface area (TPSA) is 30.5 Å². The normalized spacial score (nSPS) is 10.4. The van der Waals surface area contributed by atoms with Crippen LogP contribution in [0.15, 0.2) is 72.8 Å². The van der Waals surface area contributed by atoms with Crippen molar-refractivity contribution in [2.45, 2.75) is 20.1 Å². The molecule has 0 bridgehead atoms. The summed E-state index contributed by atoms with van der Waals surface area (Å²) in [6.07, 6.45) is 0. The van der Waals surface area contributed by atoms with Crippen molar-refractivity contribution in [2.24, 2.45) is 0 Å². The Balaban J connectivity index is 1.55. The average molecular weight is 368 g/mol. The monoisotopic (exact) mass is 367 g/mol.